The van der Waals surface area contributed by atoms with Crippen molar-refractivity contribution in [1.82, 2.24) is 20.2 Å². The molecule has 5 rings (SSSR count). The molecule has 0 spiro atoms. The highest BCUT2D eigenvalue weighted by atomic mass is 15.2. The van der Waals surface area contributed by atoms with Crippen LogP contribution < -0.4 is 4.90 Å². The molecule has 0 saturated carbocycles. The van der Waals surface area contributed by atoms with Crippen molar-refractivity contribution < 1.29 is 0 Å². The molecule has 0 atom stereocenters. The first-order valence-electron chi connectivity index (χ1n) is 9.27. The average Bonchev–Trinajstić information content (AvgIpc) is 3.22. The summed E-state index contributed by atoms with van der Waals surface area (Å²) in [5, 5.41) is 8.24. The molecule has 1 N–H and O–H groups in total. The highest BCUT2D eigenvalue weighted by Gasteiger charge is 2.20. The molecule has 0 unspecified atom stereocenters. The van der Waals surface area contributed by atoms with Crippen molar-refractivity contribution in [3.05, 3.63) is 71.2 Å². The van der Waals surface area contributed by atoms with Crippen molar-refractivity contribution in [3.63, 3.8) is 0 Å². The SMILES string of the molecule is Cc1ccc2c(c1)CN(c1ncnc3c(C)cc(-c4ccn[nH]4)cc13)CC2. The van der Waals surface area contributed by atoms with Crippen LogP contribution in [0.15, 0.2) is 48.9 Å². The summed E-state index contributed by atoms with van der Waals surface area (Å²) in [6, 6.07) is 13.1. The van der Waals surface area contributed by atoms with E-state index in [2.05, 4.69) is 69.2 Å². The fourth-order valence-corrected chi connectivity index (χ4v) is 4.02. The Balaban J connectivity index is 1.63. The molecule has 0 radical (unpaired) electrons. The number of rotatable bonds is 2. The number of aromatic nitrogens is 4. The van der Waals surface area contributed by atoms with Crippen LogP contribution in [-0.2, 0) is 13.0 Å². The molecule has 2 aromatic heterocycles. The highest BCUT2D eigenvalue weighted by Crippen LogP contribution is 2.32. The Bertz CT molecular complexity index is 1130. The van der Waals surface area contributed by atoms with Crippen molar-refractivity contribution in [1.29, 1.82) is 0 Å². The maximum atomic E-state index is 4.68. The predicted molar refractivity (Wildman–Crippen MR) is 108 cm³/mol. The van der Waals surface area contributed by atoms with Crippen LogP contribution in [0.2, 0.25) is 0 Å². The van der Waals surface area contributed by atoms with Gasteiger partial charge in [0.05, 0.1) is 11.2 Å². The van der Waals surface area contributed by atoms with Crippen LogP contribution in [0.5, 0.6) is 0 Å². The van der Waals surface area contributed by atoms with Gasteiger partial charge in [0, 0.05) is 30.2 Å². The summed E-state index contributed by atoms with van der Waals surface area (Å²) in [5.74, 6) is 1.01. The smallest absolute Gasteiger partial charge is 0.140 e. The molecule has 134 valence electrons. The van der Waals surface area contributed by atoms with E-state index < -0.39 is 0 Å². The largest absolute Gasteiger partial charge is 0.351 e. The van der Waals surface area contributed by atoms with E-state index in [-0.39, 0.29) is 0 Å². The first-order chi connectivity index (χ1) is 13.2. The first-order valence-corrected chi connectivity index (χ1v) is 9.27. The van der Waals surface area contributed by atoms with Gasteiger partial charge in [-0.3, -0.25) is 5.10 Å². The molecule has 4 aromatic rings. The third-order valence-electron chi connectivity index (χ3n) is 5.39. The zero-order valence-electron chi connectivity index (χ0n) is 15.5. The monoisotopic (exact) mass is 355 g/mol. The van der Waals surface area contributed by atoms with Crippen molar-refractivity contribution in [2.75, 3.05) is 11.4 Å². The number of fused-ring (bicyclic) bond motifs is 2. The molecule has 0 fully saturated rings. The molecule has 0 bridgehead atoms. The minimum Gasteiger partial charge on any atom is -0.351 e. The normalized spacial score (nSPS) is 13.8. The molecule has 5 nitrogen and oxygen atoms in total. The van der Waals surface area contributed by atoms with Crippen molar-refractivity contribution in [3.8, 4) is 11.3 Å². The number of H-pyrrole nitrogens is 1. The van der Waals surface area contributed by atoms with Gasteiger partial charge in [0.1, 0.15) is 12.1 Å². The predicted octanol–water partition coefficient (Wildman–Crippen LogP) is 4.20. The van der Waals surface area contributed by atoms with E-state index in [1.54, 1.807) is 12.5 Å². The van der Waals surface area contributed by atoms with E-state index in [0.29, 0.717) is 0 Å². The summed E-state index contributed by atoms with van der Waals surface area (Å²) in [7, 11) is 0. The van der Waals surface area contributed by atoms with E-state index in [9.17, 15) is 0 Å². The van der Waals surface area contributed by atoms with Gasteiger partial charge in [0.25, 0.3) is 0 Å². The molecule has 1 aliphatic rings. The number of aryl methyl sites for hydroxylation is 2. The summed E-state index contributed by atoms with van der Waals surface area (Å²) in [6.45, 7) is 6.11. The maximum Gasteiger partial charge on any atom is 0.140 e. The van der Waals surface area contributed by atoms with Crippen molar-refractivity contribution >= 4 is 16.7 Å². The second-order valence-electron chi connectivity index (χ2n) is 7.30. The Morgan fingerprint density at radius 2 is 1.93 bits per heavy atom. The third-order valence-corrected chi connectivity index (χ3v) is 5.39. The Labute approximate surface area is 158 Å². The van der Waals surface area contributed by atoms with Crippen LogP contribution in [0.1, 0.15) is 22.3 Å². The molecule has 0 amide bonds. The zero-order chi connectivity index (χ0) is 18.4. The van der Waals surface area contributed by atoms with Crippen LogP contribution in [0.4, 0.5) is 5.82 Å². The van der Waals surface area contributed by atoms with Gasteiger partial charge in [-0.1, -0.05) is 23.8 Å². The van der Waals surface area contributed by atoms with E-state index >= 15 is 0 Å². The van der Waals surface area contributed by atoms with Gasteiger partial charge in [-0.2, -0.15) is 5.10 Å². The number of aromatic amines is 1. The lowest BCUT2D eigenvalue weighted by atomic mass is 9.97. The fourth-order valence-electron chi connectivity index (χ4n) is 4.02. The number of hydrogen-bond donors (Lipinski definition) is 1. The molecule has 27 heavy (non-hydrogen) atoms. The minimum absolute atomic E-state index is 0.885. The summed E-state index contributed by atoms with van der Waals surface area (Å²) in [6.07, 6.45) is 4.51. The molecular weight excluding hydrogens is 334 g/mol. The van der Waals surface area contributed by atoms with Crippen LogP contribution >= 0.6 is 0 Å². The zero-order valence-corrected chi connectivity index (χ0v) is 15.5. The number of nitrogens with one attached hydrogen (secondary N) is 1. The van der Waals surface area contributed by atoms with Crippen molar-refractivity contribution in [2.24, 2.45) is 0 Å². The van der Waals surface area contributed by atoms with Gasteiger partial charge in [-0.05, 0) is 55.2 Å². The molecule has 3 heterocycles. The Morgan fingerprint density at radius 1 is 1.00 bits per heavy atom. The molecule has 5 heteroatoms. The Kier molecular flexibility index (Phi) is 3.67. The Hall–Kier alpha value is -3.21. The van der Waals surface area contributed by atoms with Gasteiger partial charge in [-0.15, -0.1) is 0 Å². The van der Waals surface area contributed by atoms with E-state index in [4.69, 9.17) is 0 Å². The Morgan fingerprint density at radius 3 is 2.78 bits per heavy atom. The van der Waals surface area contributed by atoms with Gasteiger partial charge in [0.2, 0.25) is 0 Å². The van der Waals surface area contributed by atoms with Crippen LogP contribution in [0.3, 0.4) is 0 Å². The standard InChI is InChI=1S/C22H21N5/c1-14-3-4-16-6-8-27(12-18(16)9-14)22-19-11-17(20-5-7-25-26-20)10-15(2)21(19)23-13-24-22/h3-5,7,9-11,13H,6,8,12H2,1-2H3,(H,25,26). The van der Waals surface area contributed by atoms with Gasteiger partial charge in [0.15, 0.2) is 0 Å². The summed E-state index contributed by atoms with van der Waals surface area (Å²) in [4.78, 5) is 11.6. The van der Waals surface area contributed by atoms with Crippen LogP contribution in [0, 0.1) is 13.8 Å². The lowest BCUT2D eigenvalue weighted by molar-refractivity contribution is 0.722. The second-order valence-corrected chi connectivity index (χ2v) is 7.30. The average molecular weight is 355 g/mol. The van der Waals surface area contributed by atoms with Crippen LogP contribution in [-0.4, -0.2) is 26.7 Å². The number of hydrogen-bond acceptors (Lipinski definition) is 4. The number of nitrogens with zero attached hydrogens (tertiary/aromatic N) is 4. The minimum atomic E-state index is 0.885. The summed E-state index contributed by atoms with van der Waals surface area (Å²) < 4.78 is 0. The molecule has 0 aliphatic carbocycles. The van der Waals surface area contributed by atoms with E-state index in [0.717, 1.165) is 53.1 Å². The lowest BCUT2D eigenvalue weighted by Gasteiger charge is -2.31. The van der Waals surface area contributed by atoms with E-state index in [1.807, 2.05) is 6.07 Å². The van der Waals surface area contributed by atoms with Crippen LogP contribution in [0.25, 0.3) is 22.2 Å². The summed E-state index contributed by atoms with van der Waals surface area (Å²) >= 11 is 0. The second kappa shape index (κ2) is 6.20. The molecular formula is C22H21N5. The fraction of sp³-hybridized carbons (Fsp3) is 0.227. The topological polar surface area (TPSA) is 57.7 Å². The highest BCUT2D eigenvalue weighted by molar-refractivity contribution is 5.94. The molecule has 1 aliphatic heterocycles. The van der Waals surface area contributed by atoms with E-state index in [1.165, 1.54) is 16.7 Å². The molecule has 0 saturated heterocycles. The quantitative estimate of drug-likeness (QED) is 0.585. The van der Waals surface area contributed by atoms with Gasteiger partial charge in [-0.25, -0.2) is 9.97 Å². The van der Waals surface area contributed by atoms with Gasteiger partial charge < -0.3 is 4.90 Å². The maximum absolute atomic E-state index is 4.68. The number of benzene rings is 2. The van der Waals surface area contributed by atoms with Crippen molar-refractivity contribution in [2.45, 2.75) is 26.8 Å². The first kappa shape index (κ1) is 16.0. The lowest BCUT2D eigenvalue weighted by Crippen LogP contribution is -2.31. The summed E-state index contributed by atoms with van der Waals surface area (Å²) in [5.41, 5.74) is 8.43. The van der Waals surface area contributed by atoms with Gasteiger partial charge >= 0.3 is 0 Å². The number of anilines is 1. The molecule has 2 aromatic carbocycles. The third kappa shape index (κ3) is 2.76.